The minimum atomic E-state index is 0.221. The Morgan fingerprint density at radius 3 is 2.70 bits per heavy atom. The molecular formula is C7H13NOS. The van der Waals surface area contributed by atoms with E-state index in [9.17, 15) is 4.79 Å². The molecule has 1 aliphatic carbocycles. The van der Waals surface area contributed by atoms with Crippen LogP contribution in [0, 0.1) is 0 Å². The van der Waals surface area contributed by atoms with Crippen molar-refractivity contribution in [2.45, 2.75) is 37.5 Å². The molecule has 1 saturated carbocycles. The minimum Gasteiger partial charge on any atom is -0.328 e. The van der Waals surface area contributed by atoms with Crippen molar-refractivity contribution in [3.05, 3.63) is 0 Å². The molecule has 2 atom stereocenters. The minimum absolute atomic E-state index is 0.221. The molecule has 58 valence electrons. The van der Waals surface area contributed by atoms with Gasteiger partial charge in [-0.05, 0) is 19.3 Å². The lowest BCUT2D eigenvalue weighted by Crippen LogP contribution is -2.15. The van der Waals surface area contributed by atoms with E-state index < -0.39 is 0 Å². The SMILES string of the molecule is CC(=O)SC1CCC(N)C1. The van der Waals surface area contributed by atoms with E-state index >= 15 is 0 Å². The smallest absolute Gasteiger partial charge is 0.186 e. The average Bonchev–Trinajstić information content (AvgIpc) is 2.13. The Balaban J connectivity index is 2.24. The van der Waals surface area contributed by atoms with E-state index in [1.807, 2.05) is 0 Å². The van der Waals surface area contributed by atoms with E-state index in [2.05, 4.69) is 0 Å². The zero-order valence-electron chi connectivity index (χ0n) is 6.17. The standard InChI is InChI=1S/C7H13NOS/c1-5(9)10-7-3-2-6(8)4-7/h6-7H,2-4,8H2,1H3. The van der Waals surface area contributed by atoms with Gasteiger partial charge in [-0.3, -0.25) is 4.79 Å². The Labute approximate surface area is 65.5 Å². The highest BCUT2D eigenvalue weighted by molar-refractivity contribution is 8.14. The van der Waals surface area contributed by atoms with E-state index in [1.54, 1.807) is 6.92 Å². The third-order valence-corrected chi connectivity index (χ3v) is 2.85. The van der Waals surface area contributed by atoms with Crippen molar-refractivity contribution in [2.75, 3.05) is 0 Å². The van der Waals surface area contributed by atoms with Crippen molar-refractivity contribution >= 4 is 16.9 Å². The van der Waals surface area contributed by atoms with Crippen molar-refractivity contribution < 1.29 is 4.79 Å². The van der Waals surface area contributed by atoms with Gasteiger partial charge in [0.15, 0.2) is 5.12 Å². The molecule has 0 aromatic heterocycles. The maximum Gasteiger partial charge on any atom is 0.186 e. The van der Waals surface area contributed by atoms with Crippen LogP contribution in [0.5, 0.6) is 0 Å². The van der Waals surface area contributed by atoms with Crippen LogP contribution in [-0.2, 0) is 4.79 Å². The van der Waals surface area contributed by atoms with Crippen LogP contribution in [-0.4, -0.2) is 16.4 Å². The van der Waals surface area contributed by atoms with Crippen molar-refractivity contribution in [2.24, 2.45) is 5.73 Å². The molecule has 1 fully saturated rings. The molecule has 0 amide bonds. The van der Waals surface area contributed by atoms with Crippen LogP contribution in [0.2, 0.25) is 0 Å². The van der Waals surface area contributed by atoms with E-state index in [4.69, 9.17) is 5.73 Å². The highest BCUT2D eigenvalue weighted by atomic mass is 32.2. The largest absolute Gasteiger partial charge is 0.328 e. The lowest BCUT2D eigenvalue weighted by molar-refractivity contribution is -0.109. The number of thioether (sulfide) groups is 1. The summed E-state index contributed by atoms with van der Waals surface area (Å²) in [5.74, 6) is 0. The van der Waals surface area contributed by atoms with E-state index in [0.29, 0.717) is 11.3 Å². The maximum atomic E-state index is 10.6. The molecule has 0 heterocycles. The summed E-state index contributed by atoms with van der Waals surface area (Å²) < 4.78 is 0. The molecule has 2 N–H and O–H groups in total. The van der Waals surface area contributed by atoms with Gasteiger partial charge in [0, 0.05) is 18.2 Å². The van der Waals surface area contributed by atoms with E-state index in [-0.39, 0.29) is 5.12 Å². The fourth-order valence-corrected chi connectivity index (χ4v) is 2.38. The molecule has 10 heavy (non-hydrogen) atoms. The van der Waals surface area contributed by atoms with Crippen LogP contribution in [0.3, 0.4) is 0 Å². The van der Waals surface area contributed by atoms with Crippen molar-refractivity contribution in [1.29, 1.82) is 0 Å². The summed E-state index contributed by atoms with van der Waals surface area (Å²) in [4.78, 5) is 10.6. The summed E-state index contributed by atoms with van der Waals surface area (Å²) in [5.41, 5.74) is 5.68. The second-order valence-corrected chi connectivity index (χ2v) is 4.28. The van der Waals surface area contributed by atoms with Crippen LogP contribution < -0.4 is 5.73 Å². The highest BCUT2D eigenvalue weighted by Gasteiger charge is 2.22. The monoisotopic (exact) mass is 159 g/mol. The summed E-state index contributed by atoms with van der Waals surface area (Å²) in [6.45, 7) is 1.62. The average molecular weight is 159 g/mol. The lowest BCUT2D eigenvalue weighted by Gasteiger charge is -2.04. The summed E-state index contributed by atoms with van der Waals surface area (Å²) in [6, 6.07) is 0.344. The molecule has 2 unspecified atom stereocenters. The van der Waals surface area contributed by atoms with Crippen molar-refractivity contribution in [3.63, 3.8) is 0 Å². The van der Waals surface area contributed by atoms with Gasteiger partial charge < -0.3 is 5.73 Å². The molecule has 0 bridgehead atoms. The predicted octanol–water partition coefficient (Wildman–Crippen LogP) is 1.15. The molecule has 0 aliphatic heterocycles. The third-order valence-electron chi connectivity index (χ3n) is 1.76. The molecule has 3 heteroatoms. The quantitative estimate of drug-likeness (QED) is 0.624. The highest BCUT2D eigenvalue weighted by Crippen LogP contribution is 2.28. The maximum absolute atomic E-state index is 10.6. The van der Waals surface area contributed by atoms with Gasteiger partial charge in [-0.25, -0.2) is 0 Å². The van der Waals surface area contributed by atoms with Crippen molar-refractivity contribution in [1.82, 2.24) is 0 Å². The first-order chi connectivity index (χ1) is 4.68. The van der Waals surface area contributed by atoms with E-state index in [1.165, 1.54) is 11.8 Å². The molecular weight excluding hydrogens is 146 g/mol. The number of carbonyl (C=O) groups excluding carboxylic acids is 1. The van der Waals surface area contributed by atoms with Gasteiger partial charge in [-0.1, -0.05) is 11.8 Å². The van der Waals surface area contributed by atoms with Gasteiger partial charge in [0.2, 0.25) is 0 Å². The van der Waals surface area contributed by atoms with Gasteiger partial charge >= 0.3 is 0 Å². The zero-order chi connectivity index (χ0) is 7.56. The molecule has 0 radical (unpaired) electrons. The molecule has 1 aliphatic rings. The number of carbonyl (C=O) groups is 1. The van der Waals surface area contributed by atoms with Crippen LogP contribution in [0.15, 0.2) is 0 Å². The Hall–Kier alpha value is -0.0200. The second kappa shape index (κ2) is 3.39. The van der Waals surface area contributed by atoms with Gasteiger partial charge in [-0.2, -0.15) is 0 Å². The first kappa shape index (κ1) is 8.08. The van der Waals surface area contributed by atoms with Gasteiger partial charge in [0.1, 0.15) is 0 Å². The fourth-order valence-electron chi connectivity index (χ4n) is 1.32. The fraction of sp³-hybridized carbons (Fsp3) is 0.857. The van der Waals surface area contributed by atoms with Gasteiger partial charge in [0.05, 0.1) is 0 Å². The van der Waals surface area contributed by atoms with E-state index in [0.717, 1.165) is 19.3 Å². The number of rotatable bonds is 1. The summed E-state index contributed by atoms with van der Waals surface area (Å²) in [7, 11) is 0. The Morgan fingerprint density at radius 1 is 1.60 bits per heavy atom. The van der Waals surface area contributed by atoms with Gasteiger partial charge in [0.25, 0.3) is 0 Å². The van der Waals surface area contributed by atoms with Gasteiger partial charge in [-0.15, -0.1) is 0 Å². The normalized spacial score (nSPS) is 32.6. The molecule has 0 saturated heterocycles. The molecule has 0 aromatic carbocycles. The van der Waals surface area contributed by atoms with Crippen LogP contribution in [0.4, 0.5) is 0 Å². The lowest BCUT2D eigenvalue weighted by atomic mass is 10.3. The number of hydrogen-bond donors (Lipinski definition) is 1. The predicted molar refractivity (Wildman–Crippen MR) is 43.9 cm³/mol. The van der Waals surface area contributed by atoms with Crippen molar-refractivity contribution in [3.8, 4) is 0 Å². The second-order valence-electron chi connectivity index (χ2n) is 2.80. The van der Waals surface area contributed by atoms with Crippen LogP contribution >= 0.6 is 11.8 Å². The van der Waals surface area contributed by atoms with Crippen LogP contribution in [0.1, 0.15) is 26.2 Å². The summed E-state index contributed by atoms with van der Waals surface area (Å²) >= 11 is 1.45. The Bertz CT molecular complexity index is 138. The van der Waals surface area contributed by atoms with Crippen LogP contribution in [0.25, 0.3) is 0 Å². The molecule has 0 aromatic rings. The zero-order valence-corrected chi connectivity index (χ0v) is 6.99. The Morgan fingerprint density at radius 2 is 2.30 bits per heavy atom. The summed E-state index contributed by atoms with van der Waals surface area (Å²) in [5, 5.41) is 0.728. The molecule has 0 spiro atoms. The Kier molecular flexibility index (Phi) is 2.74. The number of nitrogens with two attached hydrogens (primary N) is 1. The first-order valence-corrected chi connectivity index (χ1v) is 4.49. The number of hydrogen-bond acceptors (Lipinski definition) is 3. The molecule has 1 rings (SSSR count). The first-order valence-electron chi connectivity index (χ1n) is 3.61. The summed E-state index contributed by atoms with van der Waals surface area (Å²) in [6.07, 6.45) is 3.22. The third kappa shape index (κ3) is 2.31. The molecule has 2 nitrogen and oxygen atoms in total. The topological polar surface area (TPSA) is 43.1 Å².